The van der Waals surface area contributed by atoms with Crippen LogP contribution in [0.15, 0.2) is 67.0 Å². The van der Waals surface area contributed by atoms with E-state index in [4.69, 9.17) is 4.74 Å². The number of imidazole rings is 1. The summed E-state index contributed by atoms with van der Waals surface area (Å²) in [6.07, 6.45) is 6.06. The lowest BCUT2D eigenvalue weighted by Gasteiger charge is -2.18. The number of hydrogen-bond acceptors (Lipinski definition) is 4. The van der Waals surface area contributed by atoms with E-state index in [0.29, 0.717) is 29.2 Å². The third-order valence-corrected chi connectivity index (χ3v) is 6.36. The lowest BCUT2D eigenvalue weighted by atomic mass is 10.0. The minimum absolute atomic E-state index is 0.0262. The molecule has 1 saturated heterocycles. The Morgan fingerprint density at radius 3 is 2.51 bits per heavy atom. The lowest BCUT2D eigenvalue weighted by Crippen LogP contribution is -2.28. The molecule has 7 nitrogen and oxygen atoms in total. The molecule has 0 unspecified atom stereocenters. The number of pyridine rings is 1. The molecule has 1 N–H and O–H groups in total. The first-order valence-electron chi connectivity index (χ1n) is 11.9. The Kier molecular flexibility index (Phi) is 6.23. The van der Waals surface area contributed by atoms with E-state index in [1.807, 2.05) is 65.9 Å². The molecular formula is C28H28N4O3. The van der Waals surface area contributed by atoms with Crippen LogP contribution in [0.25, 0.3) is 5.65 Å². The molecule has 2 amide bonds. The highest BCUT2D eigenvalue weighted by molar-refractivity contribution is 6.06. The van der Waals surface area contributed by atoms with E-state index in [-0.39, 0.29) is 11.8 Å². The molecule has 0 radical (unpaired) electrons. The quantitative estimate of drug-likeness (QED) is 0.431. The van der Waals surface area contributed by atoms with Gasteiger partial charge in [0.2, 0.25) is 0 Å². The number of nitrogens with zero attached hydrogens (tertiary/aromatic N) is 3. The van der Waals surface area contributed by atoms with E-state index >= 15 is 0 Å². The van der Waals surface area contributed by atoms with Gasteiger partial charge in [0.05, 0.1) is 5.69 Å². The van der Waals surface area contributed by atoms with E-state index in [0.717, 1.165) is 48.4 Å². The fourth-order valence-corrected chi connectivity index (χ4v) is 4.37. The Bertz CT molecular complexity index is 1390. The second-order valence-corrected chi connectivity index (χ2v) is 8.95. The SMILES string of the molecule is Cc1ccc2nc(COc3ccc(C(=O)Nc4cccc(C(=O)N5CCCC5)c4C)cc3)cn2c1. The van der Waals surface area contributed by atoms with Gasteiger partial charge in [0.25, 0.3) is 11.8 Å². The van der Waals surface area contributed by atoms with Gasteiger partial charge in [-0.3, -0.25) is 9.59 Å². The highest BCUT2D eigenvalue weighted by Gasteiger charge is 2.22. The number of aromatic nitrogens is 2. The van der Waals surface area contributed by atoms with Crippen molar-refractivity contribution in [1.29, 1.82) is 0 Å². The fraction of sp³-hybridized carbons (Fsp3) is 0.250. The highest BCUT2D eigenvalue weighted by atomic mass is 16.5. The Hall–Kier alpha value is -4.13. The number of anilines is 1. The number of fused-ring (bicyclic) bond motifs is 1. The zero-order valence-electron chi connectivity index (χ0n) is 20.0. The average molecular weight is 469 g/mol. The maximum absolute atomic E-state index is 12.9. The number of benzene rings is 2. The van der Waals surface area contributed by atoms with Crippen LogP contribution in [0.2, 0.25) is 0 Å². The first-order chi connectivity index (χ1) is 17.0. The van der Waals surface area contributed by atoms with Crippen molar-refractivity contribution in [3.63, 3.8) is 0 Å². The summed E-state index contributed by atoms with van der Waals surface area (Å²) in [6, 6.07) is 16.5. The predicted molar refractivity (Wildman–Crippen MR) is 135 cm³/mol. The number of ether oxygens (including phenoxy) is 1. The second kappa shape index (κ2) is 9.62. The molecule has 5 rings (SSSR count). The van der Waals surface area contributed by atoms with E-state index < -0.39 is 0 Å². The van der Waals surface area contributed by atoms with Crippen molar-refractivity contribution in [3.05, 3.63) is 94.9 Å². The smallest absolute Gasteiger partial charge is 0.255 e. The topological polar surface area (TPSA) is 75.9 Å². The number of carbonyl (C=O) groups excluding carboxylic acids is 2. The largest absolute Gasteiger partial charge is 0.487 e. The van der Waals surface area contributed by atoms with Crippen molar-refractivity contribution in [2.75, 3.05) is 18.4 Å². The van der Waals surface area contributed by atoms with Gasteiger partial charge >= 0.3 is 0 Å². The summed E-state index contributed by atoms with van der Waals surface area (Å²) in [5, 5.41) is 2.95. The van der Waals surface area contributed by atoms with E-state index in [2.05, 4.69) is 10.3 Å². The zero-order valence-corrected chi connectivity index (χ0v) is 20.0. The third kappa shape index (κ3) is 4.89. The molecular weight excluding hydrogens is 440 g/mol. The molecule has 0 atom stereocenters. The first kappa shape index (κ1) is 22.7. The van der Waals surface area contributed by atoms with Crippen LogP contribution in [0.3, 0.4) is 0 Å². The molecule has 3 heterocycles. The van der Waals surface area contributed by atoms with E-state index in [1.165, 1.54) is 0 Å². The average Bonchev–Trinajstić information content (AvgIpc) is 3.54. The van der Waals surface area contributed by atoms with Crippen molar-refractivity contribution in [2.24, 2.45) is 0 Å². The van der Waals surface area contributed by atoms with Gasteiger partial charge < -0.3 is 19.4 Å². The van der Waals surface area contributed by atoms with Gasteiger partial charge in [-0.25, -0.2) is 4.98 Å². The van der Waals surface area contributed by atoms with Gasteiger partial charge in [0.15, 0.2) is 0 Å². The van der Waals surface area contributed by atoms with Crippen LogP contribution < -0.4 is 10.1 Å². The molecule has 178 valence electrons. The summed E-state index contributed by atoms with van der Waals surface area (Å²) in [5.41, 5.74) is 5.44. The molecule has 0 saturated carbocycles. The van der Waals surface area contributed by atoms with Crippen LogP contribution in [0.5, 0.6) is 5.75 Å². The van der Waals surface area contributed by atoms with Gasteiger partial charge in [-0.1, -0.05) is 12.1 Å². The number of hydrogen-bond donors (Lipinski definition) is 1. The van der Waals surface area contributed by atoms with Gasteiger partial charge in [-0.15, -0.1) is 0 Å². The van der Waals surface area contributed by atoms with Crippen LogP contribution in [-0.4, -0.2) is 39.2 Å². The summed E-state index contributed by atoms with van der Waals surface area (Å²) < 4.78 is 7.85. The van der Waals surface area contributed by atoms with Crippen molar-refractivity contribution < 1.29 is 14.3 Å². The van der Waals surface area contributed by atoms with Crippen molar-refractivity contribution >= 4 is 23.1 Å². The summed E-state index contributed by atoms with van der Waals surface area (Å²) in [6.45, 7) is 5.83. The monoisotopic (exact) mass is 468 g/mol. The first-order valence-corrected chi connectivity index (χ1v) is 11.9. The Morgan fingerprint density at radius 2 is 1.74 bits per heavy atom. The summed E-state index contributed by atoms with van der Waals surface area (Å²) in [4.78, 5) is 32.1. The van der Waals surface area contributed by atoms with Crippen molar-refractivity contribution in [1.82, 2.24) is 14.3 Å². The Morgan fingerprint density at radius 1 is 0.971 bits per heavy atom. The molecule has 4 aromatic rings. The molecule has 1 aliphatic rings. The number of amides is 2. The second-order valence-electron chi connectivity index (χ2n) is 8.95. The zero-order chi connectivity index (χ0) is 24.4. The van der Waals surface area contributed by atoms with Crippen LogP contribution >= 0.6 is 0 Å². The van der Waals surface area contributed by atoms with Crippen molar-refractivity contribution in [2.45, 2.75) is 33.3 Å². The van der Waals surface area contributed by atoms with Crippen LogP contribution in [-0.2, 0) is 6.61 Å². The predicted octanol–water partition coefficient (Wildman–Crippen LogP) is 5.02. The Labute approximate surface area is 204 Å². The fourth-order valence-electron chi connectivity index (χ4n) is 4.37. The van der Waals surface area contributed by atoms with Crippen LogP contribution in [0.4, 0.5) is 5.69 Å². The number of aryl methyl sites for hydroxylation is 1. The van der Waals surface area contributed by atoms with Gasteiger partial charge in [-0.2, -0.15) is 0 Å². The van der Waals surface area contributed by atoms with Gasteiger partial charge in [0, 0.05) is 42.3 Å². The number of likely N-dealkylation sites (tertiary alicyclic amines) is 1. The van der Waals surface area contributed by atoms with E-state index in [9.17, 15) is 9.59 Å². The molecule has 35 heavy (non-hydrogen) atoms. The number of rotatable bonds is 6. The molecule has 0 bridgehead atoms. The molecule has 2 aromatic carbocycles. The van der Waals surface area contributed by atoms with Crippen LogP contribution in [0, 0.1) is 13.8 Å². The van der Waals surface area contributed by atoms with Crippen molar-refractivity contribution in [3.8, 4) is 5.75 Å². The summed E-state index contributed by atoms with van der Waals surface area (Å²) >= 11 is 0. The maximum Gasteiger partial charge on any atom is 0.255 e. The van der Waals surface area contributed by atoms with Crippen LogP contribution in [0.1, 0.15) is 50.4 Å². The number of nitrogens with one attached hydrogen (secondary N) is 1. The lowest BCUT2D eigenvalue weighted by molar-refractivity contribution is 0.0791. The standard InChI is InChI=1S/C28H28N4O3/c1-19-8-13-26-29-22(17-32(26)16-19)18-35-23-11-9-21(10-12-23)27(33)30-25-7-5-6-24(20(25)2)28(34)31-14-3-4-15-31/h5-13,16-17H,3-4,14-15,18H2,1-2H3,(H,30,33). The van der Waals surface area contributed by atoms with E-state index in [1.54, 1.807) is 24.3 Å². The minimum atomic E-state index is -0.235. The van der Waals surface area contributed by atoms with Gasteiger partial charge in [-0.05, 0) is 80.3 Å². The summed E-state index contributed by atoms with van der Waals surface area (Å²) in [5.74, 6) is 0.448. The van der Waals surface area contributed by atoms with Gasteiger partial charge in [0.1, 0.15) is 18.0 Å². The Balaban J connectivity index is 1.22. The minimum Gasteiger partial charge on any atom is -0.487 e. The molecule has 2 aromatic heterocycles. The number of carbonyl (C=O) groups is 2. The normalized spacial score (nSPS) is 13.3. The summed E-state index contributed by atoms with van der Waals surface area (Å²) in [7, 11) is 0. The molecule has 1 fully saturated rings. The molecule has 0 spiro atoms. The highest BCUT2D eigenvalue weighted by Crippen LogP contribution is 2.23. The third-order valence-electron chi connectivity index (χ3n) is 6.36. The molecule has 0 aliphatic carbocycles. The molecule has 1 aliphatic heterocycles. The maximum atomic E-state index is 12.9. The molecule has 7 heteroatoms.